The first-order chi connectivity index (χ1) is 7.88. The monoisotopic (exact) mass is 250 g/mol. The molecule has 0 fully saturated rings. The van der Waals surface area contributed by atoms with Crippen LogP contribution in [0.2, 0.25) is 0 Å². The molecule has 1 N–H and O–H groups in total. The summed E-state index contributed by atoms with van der Waals surface area (Å²) >= 11 is 5.33. The quantitative estimate of drug-likeness (QED) is 0.832. The number of aromatic amines is 1. The van der Waals surface area contributed by atoms with Gasteiger partial charge in [0, 0.05) is 36.1 Å². The van der Waals surface area contributed by atoms with Crippen LogP contribution in [-0.2, 0) is 19.0 Å². The standard InChI is InChI=1S/C12H18N4S/c1-12(2,3)10-6-13-11(17)16(10)8-9-5-14-15(4)7-9/h5-7H,8H2,1-4H3,(H,13,17). The fourth-order valence-corrected chi connectivity index (χ4v) is 2.13. The number of hydrogen-bond acceptors (Lipinski definition) is 2. The van der Waals surface area contributed by atoms with Gasteiger partial charge in [0.05, 0.1) is 12.7 Å². The van der Waals surface area contributed by atoms with E-state index in [2.05, 4.69) is 35.4 Å². The molecule has 0 spiro atoms. The molecule has 0 saturated carbocycles. The summed E-state index contributed by atoms with van der Waals surface area (Å²) < 4.78 is 4.70. The van der Waals surface area contributed by atoms with Crippen molar-refractivity contribution in [3.8, 4) is 0 Å². The molecule has 0 bridgehead atoms. The number of aromatic nitrogens is 4. The molecule has 0 saturated heterocycles. The summed E-state index contributed by atoms with van der Waals surface area (Å²) in [6.45, 7) is 7.32. The maximum atomic E-state index is 5.33. The van der Waals surface area contributed by atoms with Crippen molar-refractivity contribution in [3.63, 3.8) is 0 Å². The van der Waals surface area contributed by atoms with E-state index in [0.717, 1.165) is 16.9 Å². The van der Waals surface area contributed by atoms with Gasteiger partial charge in [-0.3, -0.25) is 4.68 Å². The molecule has 0 aliphatic rings. The molecule has 0 atom stereocenters. The molecular formula is C12H18N4S. The number of imidazole rings is 1. The molecule has 5 heteroatoms. The van der Waals surface area contributed by atoms with E-state index < -0.39 is 0 Å². The molecule has 2 aromatic heterocycles. The third kappa shape index (κ3) is 2.49. The van der Waals surface area contributed by atoms with Gasteiger partial charge in [-0.05, 0) is 12.2 Å². The zero-order chi connectivity index (χ0) is 12.6. The average molecular weight is 250 g/mol. The van der Waals surface area contributed by atoms with Crippen molar-refractivity contribution in [1.82, 2.24) is 19.3 Å². The number of hydrogen-bond donors (Lipinski definition) is 1. The maximum Gasteiger partial charge on any atom is 0.177 e. The fourth-order valence-electron chi connectivity index (χ4n) is 1.91. The summed E-state index contributed by atoms with van der Waals surface area (Å²) in [7, 11) is 1.92. The highest BCUT2D eigenvalue weighted by Crippen LogP contribution is 2.22. The molecule has 17 heavy (non-hydrogen) atoms. The molecule has 0 aliphatic heterocycles. The molecule has 92 valence electrons. The molecule has 0 unspecified atom stereocenters. The first-order valence-corrected chi connectivity index (χ1v) is 6.05. The second-order valence-corrected chi connectivity index (χ2v) is 5.72. The first-order valence-electron chi connectivity index (χ1n) is 5.64. The van der Waals surface area contributed by atoms with Gasteiger partial charge in [0.2, 0.25) is 0 Å². The number of nitrogens with zero attached hydrogens (tertiary/aromatic N) is 3. The van der Waals surface area contributed by atoms with Crippen LogP contribution in [0.25, 0.3) is 0 Å². The summed E-state index contributed by atoms with van der Waals surface area (Å²) in [5.41, 5.74) is 2.45. The molecule has 0 amide bonds. The van der Waals surface area contributed by atoms with Gasteiger partial charge in [-0.15, -0.1) is 0 Å². The number of nitrogens with one attached hydrogen (secondary N) is 1. The number of aryl methyl sites for hydroxylation is 1. The van der Waals surface area contributed by atoms with Crippen LogP contribution in [0.5, 0.6) is 0 Å². The van der Waals surface area contributed by atoms with Crippen LogP contribution >= 0.6 is 12.2 Å². The third-order valence-electron chi connectivity index (χ3n) is 2.74. The molecule has 0 aliphatic carbocycles. The van der Waals surface area contributed by atoms with Crippen LogP contribution < -0.4 is 0 Å². The Morgan fingerprint density at radius 3 is 2.65 bits per heavy atom. The summed E-state index contributed by atoms with van der Waals surface area (Å²) in [5.74, 6) is 0. The largest absolute Gasteiger partial charge is 0.337 e. The van der Waals surface area contributed by atoms with Crippen LogP contribution in [0.4, 0.5) is 0 Å². The summed E-state index contributed by atoms with van der Waals surface area (Å²) in [6, 6.07) is 0. The minimum atomic E-state index is 0.0791. The van der Waals surface area contributed by atoms with Gasteiger partial charge in [-0.2, -0.15) is 5.10 Å². The Morgan fingerprint density at radius 2 is 2.12 bits per heavy atom. The van der Waals surface area contributed by atoms with E-state index in [1.165, 1.54) is 5.69 Å². The molecule has 4 nitrogen and oxygen atoms in total. The Labute approximate surface area is 106 Å². The van der Waals surface area contributed by atoms with Gasteiger partial charge in [-0.1, -0.05) is 20.8 Å². The zero-order valence-corrected chi connectivity index (χ0v) is 11.5. The van der Waals surface area contributed by atoms with Crippen LogP contribution in [0.1, 0.15) is 32.0 Å². The van der Waals surface area contributed by atoms with E-state index in [-0.39, 0.29) is 5.41 Å². The van der Waals surface area contributed by atoms with Crippen LogP contribution in [0, 0.1) is 4.77 Å². The smallest absolute Gasteiger partial charge is 0.177 e. The molecular weight excluding hydrogens is 232 g/mol. The van der Waals surface area contributed by atoms with Gasteiger partial charge < -0.3 is 9.55 Å². The highest BCUT2D eigenvalue weighted by Gasteiger charge is 2.19. The lowest BCUT2D eigenvalue weighted by Crippen LogP contribution is -2.18. The van der Waals surface area contributed by atoms with E-state index in [1.807, 2.05) is 30.3 Å². The van der Waals surface area contributed by atoms with Crippen molar-refractivity contribution in [2.45, 2.75) is 32.7 Å². The fraction of sp³-hybridized carbons (Fsp3) is 0.500. The molecule has 0 radical (unpaired) electrons. The van der Waals surface area contributed by atoms with Crippen molar-refractivity contribution in [1.29, 1.82) is 0 Å². The van der Waals surface area contributed by atoms with Gasteiger partial charge in [0.25, 0.3) is 0 Å². The van der Waals surface area contributed by atoms with Gasteiger partial charge in [0.1, 0.15) is 0 Å². The van der Waals surface area contributed by atoms with Gasteiger partial charge in [0.15, 0.2) is 4.77 Å². The van der Waals surface area contributed by atoms with E-state index in [1.54, 1.807) is 0 Å². The van der Waals surface area contributed by atoms with Crippen molar-refractivity contribution >= 4 is 12.2 Å². The average Bonchev–Trinajstić information content (AvgIpc) is 2.74. The Hall–Kier alpha value is -1.36. The van der Waals surface area contributed by atoms with Crippen molar-refractivity contribution in [3.05, 3.63) is 34.6 Å². The van der Waals surface area contributed by atoms with E-state index in [4.69, 9.17) is 12.2 Å². The Morgan fingerprint density at radius 1 is 1.41 bits per heavy atom. The lowest BCUT2D eigenvalue weighted by atomic mass is 9.92. The zero-order valence-electron chi connectivity index (χ0n) is 10.7. The number of H-pyrrole nitrogens is 1. The second kappa shape index (κ2) is 4.14. The van der Waals surface area contributed by atoms with E-state index in [0.29, 0.717) is 0 Å². The normalized spacial score (nSPS) is 12.0. The Balaban J connectivity index is 2.39. The van der Waals surface area contributed by atoms with Gasteiger partial charge in [-0.25, -0.2) is 0 Å². The van der Waals surface area contributed by atoms with Gasteiger partial charge >= 0.3 is 0 Å². The first kappa shape index (κ1) is 12.1. The van der Waals surface area contributed by atoms with Crippen molar-refractivity contribution < 1.29 is 0 Å². The maximum absolute atomic E-state index is 5.33. The summed E-state index contributed by atoms with van der Waals surface area (Å²) in [5, 5.41) is 4.18. The van der Waals surface area contributed by atoms with Crippen LogP contribution in [0.3, 0.4) is 0 Å². The minimum Gasteiger partial charge on any atom is -0.337 e. The van der Waals surface area contributed by atoms with Crippen LogP contribution in [-0.4, -0.2) is 19.3 Å². The molecule has 0 aromatic carbocycles. The lowest BCUT2D eigenvalue weighted by molar-refractivity contribution is 0.529. The SMILES string of the molecule is Cn1cc(Cn2c(C(C)(C)C)c[nH]c2=S)cn1. The minimum absolute atomic E-state index is 0.0791. The third-order valence-corrected chi connectivity index (χ3v) is 3.07. The topological polar surface area (TPSA) is 38.5 Å². The summed E-state index contributed by atoms with van der Waals surface area (Å²) in [4.78, 5) is 3.12. The molecule has 2 rings (SSSR count). The van der Waals surface area contributed by atoms with Crippen LogP contribution in [0.15, 0.2) is 18.6 Å². The lowest BCUT2D eigenvalue weighted by Gasteiger charge is -2.20. The second-order valence-electron chi connectivity index (χ2n) is 5.34. The van der Waals surface area contributed by atoms with Crippen molar-refractivity contribution in [2.75, 3.05) is 0 Å². The highest BCUT2D eigenvalue weighted by molar-refractivity contribution is 7.71. The Kier molecular flexibility index (Phi) is 2.95. The highest BCUT2D eigenvalue weighted by atomic mass is 32.1. The number of rotatable bonds is 2. The Bertz CT molecular complexity index is 568. The van der Waals surface area contributed by atoms with E-state index >= 15 is 0 Å². The van der Waals surface area contributed by atoms with Crippen molar-refractivity contribution in [2.24, 2.45) is 7.05 Å². The summed E-state index contributed by atoms with van der Waals surface area (Å²) in [6.07, 6.45) is 5.89. The predicted octanol–water partition coefficient (Wildman–Crippen LogP) is 2.62. The molecule has 2 heterocycles. The van der Waals surface area contributed by atoms with E-state index in [9.17, 15) is 0 Å². The molecule has 2 aromatic rings. The predicted molar refractivity (Wildman–Crippen MR) is 70.6 cm³/mol.